The van der Waals surface area contributed by atoms with Crippen molar-refractivity contribution in [3.8, 4) is 0 Å². The summed E-state index contributed by atoms with van der Waals surface area (Å²) in [7, 11) is 0. The van der Waals surface area contributed by atoms with E-state index >= 15 is 0 Å². The number of amides is 2. The molecular formula is C16H18N2OS. The minimum atomic E-state index is -0.175. The van der Waals surface area contributed by atoms with Crippen LogP contribution in [0.2, 0.25) is 0 Å². The minimum Gasteiger partial charge on any atom is -0.338 e. The van der Waals surface area contributed by atoms with Crippen molar-refractivity contribution in [1.29, 1.82) is 0 Å². The van der Waals surface area contributed by atoms with E-state index in [-0.39, 0.29) is 6.03 Å². The van der Waals surface area contributed by atoms with Crippen molar-refractivity contribution >= 4 is 23.5 Å². The van der Waals surface area contributed by atoms with Crippen LogP contribution in [0.15, 0.2) is 58.3 Å². The largest absolute Gasteiger partial charge is 0.338 e. The highest BCUT2D eigenvalue weighted by molar-refractivity contribution is 7.99. The monoisotopic (exact) mass is 286 g/mol. The maximum absolute atomic E-state index is 11.4. The fraction of sp³-hybridized carbons (Fsp3) is 0.188. The lowest BCUT2D eigenvalue weighted by Gasteiger charge is -2.07. The van der Waals surface area contributed by atoms with Gasteiger partial charge in [0.2, 0.25) is 0 Å². The maximum Gasteiger partial charge on any atom is 0.319 e. The average molecular weight is 286 g/mol. The standard InChI is InChI=1S/C16H18N2OS/c1-3-17-16(19)18-13-6-10-15(11-7-13)20-14-8-4-12(2)5-9-14/h4-11H,3H2,1-2H3,(H2,17,18,19). The summed E-state index contributed by atoms with van der Waals surface area (Å²) in [5, 5.41) is 5.48. The molecule has 0 radical (unpaired) electrons. The first kappa shape index (κ1) is 14.5. The Bertz CT molecular complexity index is 564. The summed E-state index contributed by atoms with van der Waals surface area (Å²) in [6, 6.07) is 16.1. The van der Waals surface area contributed by atoms with Crippen molar-refractivity contribution in [3.63, 3.8) is 0 Å². The molecule has 0 saturated heterocycles. The van der Waals surface area contributed by atoms with E-state index in [0.717, 1.165) is 10.6 Å². The van der Waals surface area contributed by atoms with Crippen molar-refractivity contribution in [2.24, 2.45) is 0 Å². The molecule has 0 saturated carbocycles. The third kappa shape index (κ3) is 4.31. The molecule has 20 heavy (non-hydrogen) atoms. The molecule has 2 aromatic carbocycles. The van der Waals surface area contributed by atoms with E-state index in [4.69, 9.17) is 0 Å². The molecule has 4 heteroatoms. The van der Waals surface area contributed by atoms with Gasteiger partial charge >= 0.3 is 6.03 Å². The molecule has 2 aromatic rings. The Hall–Kier alpha value is -1.94. The Morgan fingerprint density at radius 2 is 1.55 bits per heavy atom. The fourth-order valence-electron chi connectivity index (χ4n) is 1.68. The Labute approximate surface area is 123 Å². The van der Waals surface area contributed by atoms with E-state index in [1.54, 1.807) is 11.8 Å². The molecule has 3 nitrogen and oxygen atoms in total. The molecule has 0 fully saturated rings. The molecule has 104 valence electrons. The number of hydrogen-bond donors (Lipinski definition) is 2. The second-order valence-electron chi connectivity index (χ2n) is 4.42. The molecule has 0 atom stereocenters. The van der Waals surface area contributed by atoms with E-state index in [1.165, 1.54) is 10.5 Å². The van der Waals surface area contributed by atoms with E-state index in [9.17, 15) is 4.79 Å². The highest BCUT2D eigenvalue weighted by Gasteiger charge is 2.01. The lowest BCUT2D eigenvalue weighted by molar-refractivity contribution is 0.252. The Morgan fingerprint density at radius 1 is 1.00 bits per heavy atom. The third-order valence-electron chi connectivity index (χ3n) is 2.71. The van der Waals surface area contributed by atoms with Crippen LogP contribution in [0.25, 0.3) is 0 Å². The van der Waals surface area contributed by atoms with Gasteiger partial charge in [-0.25, -0.2) is 4.79 Å². The number of aryl methyl sites for hydroxylation is 1. The van der Waals surface area contributed by atoms with Crippen LogP contribution >= 0.6 is 11.8 Å². The highest BCUT2D eigenvalue weighted by atomic mass is 32.2. The Balaban J connectivity index is 1.97. The van der Waals surface area contributed by atoms with Crippen LogP contribution in [-0.4, -0.2) is 12.6 Å². The number of carbonyl (C=O) groups excluding carboxylic acids is 1. The summed E-state index contributed by atoms with van der Waals surface area (Å²) < 4.78 is 0. The molecule has 2 rings (SSSR count). The summed E-state index contributed by atoms with van der Waals surface area (Å²) in [5.41, 5.74) is 2.06. The zero-order chi connectivity index (χ0) is 14.4. The lowest BCUT2D eigenvalue weighted by Crippen LogP contribution is -2.28. The summed E-state index contributed by atoms with van der Waals surface area (Å²) in [5.74, 6) is 0. The van der Waals surface area contributed by atoms with Crippen LogP contribution in [0.3, 0.4) is 0 Å². The molecule has 0 aromatic heterocycles. The normalized spacial score (nSPS) is 10.1. The van der Waals surface area contributed by atoms with Gasteiger partial charge in [-0.05, 0) is 50.2 Å². The number of hydrogen-bond acceptors (Lipinski definition) is 2. The van der Waals surface area contributed by atoms with Crippen LogP contribution < -0.4 is 10.6 Å². The van der Waals surface area contributed by atoms with Crippen LogP contribution in [0, 0.1) is 6.92 Å². The van der Waals surface area contributed by atoms with Crippen LogP contribution in [0.4, 0.5) is 10.5 Å². The molecule has 2 N–H and O–H groups in total. The topological polar surface area (TPSA) is 41.1 Å². The first-order chi connectivity index (χ1) is 9.67. The number of carbonyl (C=O) groups is 1. The second-order valence-corrected chi connectivity index (χ2v) is 5.57. The van der Waals surface area contributed by atoms with Gasteiger partial charge in [0, 0.05) is 22.0 Å². The number of nitrogens with one attached hydrogen (secondary N) is 2. The molecule has 0 bridgehead atoms. The first-order valence-corrected chi connectivity index (χ1v) is 7.38. The Morgan fingerprint density at radius 3 is 2.10 bits per heavy atom. The minimum absolute atomic E-state index is 0.175. The van der Waals surface area contributed by atoms with Crippen molar-refractivity contribution in [3.05, 3.63) is 54.1 Å². The summed E-state index contributed by atoms with van der Waals surface area (Å²) in [4.78, 5) is 13.7. The number of urea groups is 1. The van der Waals surface area contributed by atoms with E-state index in [2.05, 4.69) is 41.8 Å². The second kappa shape index (κ2) is 7.01. The molecule has 0 heterocycles. The number of rotatable bonds is 4. The van der Waals surface area contributed by atoms with Crippen molar-refractivity contribution in [1.82, 2.24) is 5.32 Å². The van der Waals surface area contributed by atoms with E-state index in [1.807, 2.05) is 31.2 Å². The van der Waals surface area contributed by atoms with Gasteiger partial charge in [0.1, 0.15) is 0 Å². The summed E-state index contributed by atoms with van der Waals surface area (Å²) in [6.45, 7) is 4.59. The summed E-state index contributed by atoms with van der Waals surface area (Å²) in [6.07, 6.45) is 0. The molecule has 0 aliphatic rings. The van der Waals surface area contributed by atoms with Gasteiger partial charge in [0.25, 0.3) is 0 Å². The van der Waals surface area contributed by atoms with Crippen molar-refractivity contribution < 1.29 is 4.79 Å². The first-order valence-electron chi connectivity index (χ1n) is 6.57. The molecular weight excluding hydrogens is 268 g/mol. The highest BCUT2D eigenvalue weighted by Crippen LogP contribution is 2.28. The average Bonchev–Trinajstić information content (AvgIpc) is 2.44. The fourth-order valence-corrected chi connectivity index (χ4v) is 2.50. The van der Waals surface area contributed by atoms with Crippen LogP contribution in [0.1, 0.15) is 12.5 Å². The van der Waals surface area contributed by atoms with E-state index < -0.39 is 0 Å². The van der Waals surface area contributed by atoms with Crippen molar-refractivity contribution in [2.75, 3.05) is 11.9 Å². The lowest BCUT2D eigenvalue weighted by atomic mass is 10.2. The van der Waals surface area contributed by atoms with Gasteiger partial charge in [0.15, 0.2) is 0 Å². The van der Waals surface area contributed by atoms with Gasteiger partial charge in [-0.15, -0.1) is 0 Å². The zero-order valence-electron chi connectivity index (χ0n) is 11.6. The maximum atomic E-state index is 11.4. The quantitative estimate of drug-likeness (QED) is 0.880. The number of anilines is 1. The van der Waals surface area contributed by atoms with Crippen LogP contribution in [0.5, 0.6) is 0 Å². The molecule has 0 aliphatic heterocycles. The Kier molecular flexibility index (Phi) is 5.07. The van der Waals surface area contributed by atoms with Crippen molar-refractivity contribution in [2.45, 2.75) is 23.6 Å². The third-order valence-corrected chi connectivity index (χ3v) is 3.72. The summed E-state index contributed by atoms with van der Waals surface area (Å²) >= 11 is 1.71. The van der Waals surface area contributed by atoms with Gasteiger partial charge in [0.05, 0.1) is 0 Å². The van der Waals surface area contributed by atoms with Gasteiger partial charge < -0.3 is 10.6 Å². The van der Waals surface area contributed by atoms with E-state index in [0.29, 0.717) is 6.54 Å². The van der Waals surface area contributed by atoms with Gasteiger partial charge in [-0.1, -0.05) is 29.5 Å². The predicted molar refractivity (Wildman–Crippen MR) is 84.4 cm³/mol. The molecule has 2 amide bonds. The smallest absolute Gasteiger partial charge is 0.319 e. The molecule has 0 spiro atoms. The van der Waals surface area contributed by atoms with Crippen LogP contribution in [-0.2, 0) is 0 Å². The molecule has 0 aliphatic carbocycles. The number of benzene rings is 2. The predicted octanol–water partition coefficient (Wildman–Crippen LogP) is 4.29. The molecule has 0 unspecified atom stereocenters. The van der Waals surface area contributed by atoms with Gasteiger partial charge in [-0.2, -0.15) is 0 Å². The SMILES string of the molecule is CCNC(=O)Nc1ccc(Sc2ccc(C)cc2)cc1. The zero-order valence-corrected chi connectivity index (χ0v) is 12.5. The van der Waals surface area contributed by atoms with Gasteiger partial charge in [-0.3, -0.25) is 0 Å².